The molecule has 1 aliphatic heterocycles. The van der Waals surface area contributed by atoms with Gasteiger partial charge < -0.3 is 19.5 Å². The highest BCUT2D eigenvalue weighted by atomic mass is 16.5. The molecule has 7 nitrogen and oxygen atoms in total. The van der Waals surface area contributed by atoms with Crippen LogP contribution in [0.2, 0.25) is 0 Å². The lowest BCUT2D eigenvalue weighted by Gasteiger charge is -2.19. The summed E-state index contributed by atoms with van der Waals surface area (Å²) in [5, 5.41) is 7.35. The van der Waals surface area contributed by atoms with Crippen molar-refractivity contribution in [3.05, 3.63) is 59.8 Å². The highest BCUT2D eigenvalue weighted by Gasteiger charge is 2.22. The standard InChI is InChI=1S/C22H23N3O4/c1-27-17-8-7-15(20(11-17)28-2)9-10-23-21(26)13-25-22-16(12-24-25)14-29-19-6-4-3-5-18(19)22/h3-8,11-12H,9-10,13-14H2,1-2H3,(H,23,26). The zero-order valence-corrected chi connectivity index (χ0v) is 16.5. The fourth-order valence-electron chi connectivity index (χ4n) is 3.49. The minimum absolute atomic E-state index is 0.0904. The molecule has 0 spiro atoms. The van der Waals surface area contributed by atoms with Crippen LogP contribution in [0, 0.1) is 0 Å². The van der Waals surface area contributed by atoms with Gasteiger partial charge >= 0.3 is 0 Å². The summed E-state index contributed by atoms with van der Waals surface area (Å²) in [6.45, 7) is 1.12. The number of benzene rings is 2. The van der Waals surface area contributed by atoms with Gasteiger partial charge in [0, 0.05) is 23.7 Å². The van der Waals surface area contributed by atoms with Crippen LogP contribution in [0.15, 0.2) is 48.7 Å². The first-order valence-corrected chi connectivity index (χ1v) is 9.44. The zero-order valence-electron chi connectivity index (χ0n) is 16.5. The number of carbonyl (C=O) groups excluding carboxylic acids is 1. The van der Waals surface area contributed by atoms with Crippen LogP contribution in [0.3, 0.4) is 0 Å². The summed E-state index contributed by atoms with van der Waals surface area (Å²) >= 11 is 0. The van der Waals surface area contributed by atoms with Crippen LogP contribution in [0.5, 0.6) is 17.2 Å². The van der Waals surface area contributed by atoms with Crippen molar-refractivity contribution in [1.29, 1.82) is 0 Å². The van der Waals surface area contributed by atoms with E-state index in [-0.39, 0.29) is 12.5 Å². The second-order valence-electron chi connectivity index (χ2n) is 6.74. The van der Waals surface area contributed by atoms with E-state index in [4.69, 9.17) is 14.2 Å². The van der Waals surface area contributed by atoms with Crippen LogP contribution in [-0.4, -0.2) is 36.5 Å². The fourth-order valence-corrected chi connectivity index (χ4v) is 3.49. The Kier molecular flexibility index (Phi) is 5.37. The van der Waals surface area contributed by atoms with Crippen LogP contribution in [0.25, 0.3) is 11.3 Å². The number of para-hydroxylation sites is 1. The number of ether oxygens (including phenoxy) is 3. The van der Waals surface area contributed by atoms with Gasteiger partial charge in [0.2, 0.25) is 5.91 Å². The van der Waals surface area contributed by atoms with E-state index in [0.29, 0.717) is 19.6 Å². The topological polar surface area (TPSA) is 74.6 Å². The molecule has 0 unspecified atom stereocenters. The third kappa shape index (κ3) is 3.89. The van der Waals surface area contributed by atoms with E-state index in [2.05, 4.69) is 10.4 Å². The lowest BCUT2D eigenvalue weighted by Crippen LogP contribution is -2.30. The third-order valence-corrected chi connectivity index (χ3v) is 4.94. The third-order valence-electron chi connectivity index (χ3n) is 4.94. The van der Waals surface area contributed by atoms with Crippen molar-refractivity contribution in [3.63, 3.8) is 0 Å². The van der Waals surface area contributed by atoms with E-state index in [1.54, 1.807) is 25.1 Å². The van der Waals surface area contributed by atoms with Gasteiger partial charge in [-0.05, 0) is 30.2 Å². The Morgan fingerprint density at radius 3 is 2.90 bits per heavy atom. The number of methoxy groups -OCH3 is 2. The molecule has 0 fully saturated rings. The van der Waals surface area contributed by atoms with Gasteiger partial charge in [-0.25, -0.2) is 0 Å². The van der Waals surface area contributed by atoms with E-state index in [0.717, 1.165) is 39.6 Å². The first-order valence-electron chi connectivity index (χ1n) is 9.44. The fraction of sp³-hybridized carbons (Fsp3) is 0.273. The highest BCUT2D eigenvalue weighted by molar-refractivity contribution is 5.78. The molecule has 1 amide bonds. The largest absolute Gasteiger partial charge is 0.497 e. The number of hydrogen-bond acceptors (Lipinski definition) is 5. The predicted octanol–water partition coefficient (Wildman–Crippen LogP) is 2.82. The van der Waals surface area contributed by atoms with Crippen molar-refractivity contribution in [1.82, 2.24) is 15.1 Å². The molecule has 0 saturated heterocycles. The maximum Gasteiger partial charge on any atom is 0.241 e. The van der Waals surface area contributed by atoms with Gasteiger partial charge in [-0.3, -0.25) is 9.48 Å². The molecule has 1 N–H and O–H groups in total. The number of nitrogens with one attached hydrogen (secondary N) is 1. The molecule has 0 radical (unpaired) electrons. The van der Waals surface area contributed by atoms with Gasteiger partial charge in [-0.15, -0.1) is 0 Å². The molecule has 3 aromatic rings. The number of nitrogens with zero attached hydrogens (tertiary/aromatic N) is 2. The highest BCUT2D eigenvalue weighted by Crippen LogP contribution is 2.36. The van der Waals surface area contributed by atoms with Crippen LogP contribution >= 0.6 is 0 Å². The van der Waals surface area contributed by atoms with E-state index in [1.807, 2.05) is 42.5 Å². The van der Waals surface area contributed by atoms with Crippen molar-refractivity contribution >= 4 is 5.91 Å². The van der Waals surface area contributed by atoms with Crippen molar-refractivity contribution in [2.45, 2.75) is 19.6 Å². The number of fused-ring (bicyclic) bond motifs is 3. The average molecular weight is 393 g/mol. The van der Waals surface area contributed by atoms with E-state index < -0.39 is 0 Å². The van der Waals surface area contributed by atoms with Crippen LogP contribution < -0.4 is 19.5 Å². The van der Waals surface area contributed by atoms with Crippen molar-refractivity contribution in [2.75, 3.05) is 20.8 Å². The first kappa shape index (κ1) is 18.9. The molecule has 2 aromatic carbocycles. The molecule has 7 heteroatoms. The summed E-state index contributed by atoms with van der Waals surface area (Å²) < 4.78 is 18.1. The maximum atomic E-state index is 12.5. The molecule has 0 atom stereocenters. The second-order valence-corrected chi connectivity index (χ2v) is 6.74. The summed E-state index contributed by atoms with van der Waals surface area (Å²) in [7, 11) is 3.24. The number of amides is 1. The van der Waals surface area contributed by atoms with Crippen LogP contribution in [0.1, 0.15) is 11.1 Å². The SMILES string of the molecule is COc1ccc(CCNC(=O)Cn2ncc3c2-c2ccccc2OC3)c(OC)c1. The van der Waals surface area contributed by atoms with E-state index >= 15 is 0 Å². The van der Waals surface area contributed by atoms with Gasteiger partial charge in [0.05, 0.1) is 26.1 Å². The lowest BCUT2D eigenvalue weighted by atomic mass is 10.0. The molecule has 0 aliphatic carbocycles. The average Bonchev–Trinajstić information content (AvgIpc) is 3.17. The molecule has 150 valence electrons. The van der Waals surface area contributed by atoms with E-state index in [9.17, 15) is 4.79 Å². The Morgan fingerprint density at radius 2 is 2.07 bits per heavy atom. The number of aromatic nitrogens is 2. The zero-order chi connectivity index (χ0) is 20.2. The van der Waals surface area contributed by atoms with E-state index in [1.165, 1.54) is 0 Å². The number of hydrogen-bond donors (Lipinski definition) is 1. The van der Waals surface area contributed by atoms with Gasteiger partial charge in [0.1, 0.15) is 30.4 Å². The normalized spacial score (nSPS) is 11.8. The first-order chi connectivity index (χ1) is 14.2. The molecular weight excluding hydrogens is 370 g/mol. The van der Waals surface area contributed by atoms with Gasteiger partial charge in [0.15, 0.2) is 0 Å². The molecule has 4 rings (SSSR count). The smallest absolute Gasteiger partial charge is 0.241 e. The second kappa shape index (κ2) is 8.26. The number of rotatable bonds is 7. The Morgan fingerprint density at radius 1 is 1.21 bits per heavy atom. The molecule has 0 bridgehead atoms. The monoisotopic (exact) mass is 393 g/mol. The van der Waals surface area contributed by atoms with Crippen LogP contribution in [-0.2, 0) is 24.4 Å². The van der Waals surface area contributed by atoms with Crippen molar-refractivity contribution in [3.8, 4) is 28.5 Å². The summed E-state index contributed by atoms with van der Waals surface area (Å²) in [6.07, 6.45) is 2.42. The Hall–Kier alpha value is -3.48. The molecule has 1 aromatic heterocycles. The van der Waals surface area contributed by atoms with Crippen molar-refractivity contribution in [2.24, 2.45) is 0 Å². The Labute approximate surface area is 169 Å². The lowest BCUT2D eigenvalue weighted by molar-refractivity contribution is -0.121. The summed E-state index contributed by atoms with van der Waals surface area (Å²) in [4.78, 5) is 12.5. The van der Waals surface area contributed by atoms with Gasteiger partial charge in [0.25, 0.3) is 0 Å². The molecule has 2 heterocycles. The number of carbonyl (C=O) groups is 1. The maximum absolute atomic E-state index is 12.5. The summed E-state index contributed by atoms with van der Waals surface area (Å²) in [5.74, 6) is 2.21. The Bertz CT molecular complexity index is 1030. The summed E-state index contributed by atoms with van der Waals surface area (Å²) in [5.41, 5.74) is 3.90. The summed E-state index contributed by atoms with van der Waals surface area (Å²) in [6, 6.07) is 13.5. The van der Waals surface area contributed by atoms with Crippen molar-refractivity contribution < 1.29 is 19.0 Å². The van der Waals surface area contributed by atoms with Gasteiger partial charge in [-0.2, -0.15) is 5.10 Å². The molecule has 29 heavy (non-hydrogen) atoms. The quantitative estimate of drug-likeness (QED) is 0.668. The van der Waals surface area contributed by atoms with Crippen LogP contribution in [0.4, 0.5) is 0 Å². The predicted molar refractivity (Wildman–Crippen MR) is 108 cm³/mol. The van der Waals surface area contributed by atoms with Gasteiger partial charge in [-0.1, -0.05) is 18.2 Å². The molecule has 0 saturated carbocycles. The minimum atomic E-state index is -0.0904. The molecule has 1 aliphatic rings. The Balaban J connectivity index is 1.39. The molecular formula is C22H23N3O4. The minimum Gasteiger partial charge on any atom is -0.497 e.